The maximum Gasteiger partial charge on any atom is 0.253 e. The molecule has 43 heavy (non-hydrogen) atoms. The van der Waals surface area contributed by atoms with Gasteiger partial charge in [-0.05, 0) is 36.8 Å². The van der Waals surface area contributed by atoms with Crippen molar-refractivity contribution in [2.45, 2.75) is 44.0 Å². The minimum Gasteiger partial charge on any atom is -0.374 e. The Labute approximate surface area is 247 Å². The lowest BCUT2D eigenvalue weighted by Gasteiger charge is -2.50. The molecule has 4 atom stereocenters. The molecule has 214 valence electrons. The first kappa shape index (κ1) is 24.9. The van der Waals surface area contributed by atoms with Gasteiger partial charge in [0.25, 0.3) is 11.8 Å². The highest BCUT2D eigenvalue weighted by Crippen LogP contribution is 2.54. The number of fused-ring (bicyclic) bond motifs is 13. The van der Waals surface area contributed by atoms with Crippen LogP contribution in [0.15, 0.2) is 78.9 Å². The standard InChI is InChI=1S/C35H30N4O4/c1-35-32(42-3)25(37(2)34(41)19-11-5-4-6-12-19)17-26(43-35)38-23-15-9-7-13-20(23)28-29-22(18-36-33(29)40)27-21-14-8-10-16-24(21)39(35)31(27)30(28)38/h4-16,25-26,32H,17-18H2,1-3H3,(H,36,40)/t25-,26-,32+,35-/m1/s1. The van der Waals surface area contributed by atoms with Crippen LogP contribution in [-0.4, -0.2) is 52.2 Å². The van der Waals surface area contributed by atoms with Gasteiger partial charge in [-0.3, -0.25) is 9.59 Å². The van der Waals surface area contributed by atoms with E-state index in [1.54, 1.807) is 7.11 Å². The van der Waals surface area contributed by atoms with Crippen molar-refractivity contribution >= 4 is 55.4 Å². The van der Waals surface area contributed by atoms with Gasteiger partial charge in [-0.15, -0.1) is 0 Å². The van der Waals surface area contributed by atoms with Crippen LogP contribution >= 0.6 is 0 Å². The number of amides is 2. The van der Waals surface area contributed by atoms with E-state index in [4.69, 9.17) is 9.47 Å². The van der Waals surface area contributed by atoms with E-state index in [1.807, 2.05) is 66.5 Å². The smallest absolute Gasteiger partial charge is 0.253 e. The van der Waals surface area contributed by atoms with Gasteiger partial charge in [-0.2, -0.15) is 0 Å². The fraction of sp³-hybridized carbons (Fsp3) is 0.257. The third-order valence-corrected chi connectivity index (χ3v) is 10.0. The molecule has 9 rings (SSSR count). The van der Waals surface area contributed by atoms with Gasteiger partial charge in [0.2, 0.25) is 0 Å². The number of methoxy groups -OCH3 is 1. The van der Waals surface area contributed by atoms with Crippen molar-refractivity contribution in [1.82, 2.24) is 19.4 Å². The van der Waals surface area contributed by atoms with Gasteiger partial charge < -0.3 is 28.8 Å². The van der Waals surface area contributed by atoms with E-state index in [1.165, 1.54) is 0 Å². The van der Waals surface area contributed by atoms with Gasteiger partial charge in [0.05, 0.1) is 33.7 Å². The Morgan fingerprint density at radius 2 is 1.63 bits per heavy atom. The van der Waals surface area contributed by atoms with Crippen LogP contribution in [0.5, 0.6) is 0 Å². The number of hydrogen-bond acceptors (Lipinski definition) is 4. The second-order valence-electron chi connectivity index (χ2n) is 12.1. The molecule has 1 saturated heterocycles. The summed E-state index contributed by atoms with van der Waals surface area (Å²) in [6, 6.07) is 25.7. The molecule has 2 bridgehead atoms. The Hall–Kier alpha value is -4.66. The molecule has 0 saturated carbocycles. The van der Waals surface area contributed by atoms with Crippen LogP contribution in [0.25, 0.3) is 43.6 Å². The molecule has 8 nitrogen and oxygen atoms in total. The summed E-state index contributed by atoms with van der Waals surface area (Å²) in [4.78, 5) is 29.2. The molecule has 0 radical (unpaired) electrons. The highest BCUT2D eigenvalue weighted by Gasteiger charge is 2.55. The molecule has 6 aromatic rings. The van der Waals surface area contributed by atoms with Gasteiger partial charge in [-0.1, -0.05) is 54.6 Å². The molecule has 1 fully saturated rings. The maximum absolute atomic E-state index is 13.9. The number of benzene rings is 4. The molecular formula is C35H30N4O4. The highest BCUT2D eigenvalue weighted by molar-refractivity contribution is 6.31. The predicted octanol–water partition coefficient (Wildman–Crippen LogP) is 5.91. The average molecular weight is 571 g/mol. The number of aromatic nitrogens is 2. The zero-order valence-electron chi connectivity index (χ0n) is 24.1. The van der Waals surface area contributed by atoms with Gasteiger partial charge >= 0.3 is 0 Å². The number of rotatable bonds is 3. The number of nitrogens with one attached hydrogen (secondary N) is 1. The molecule has 8 heteroatoms. The summed E-state index contributed by atoms with van der Waals surface area (Å²) in [5.74, 6) is -0.107. The zero-order valence-corrected chi connectivity index (χ0v) is 24.1. The van der Waals surface area contributed by atoms with Crippen LogP contribution in [0.1, 0.15) is 45.9 Å². The summed E-state index contributed by atoms with van der Waals surface area (Å²) in [5, 5.41) is 7.24. The van der Waals surface area contributed by atoms with Crippen molar-refractivity contribution < 1.29 is 19.1 Å². The number of likely N-dealkylation sites (N-methyl/N-ethyl adjacent to an activating group) is 1. The summed E-state index contributed by atoms with van der Waals surface area (Å²) >= 11 is 0. The van der Waals surface area contributed by atoms with Crippen molar-refractivity contribution in [3.8, 4) is 0 Å². The van der Waals surface area contributed by atoms with E-state index in [0.717, 1.165) is 54.7 Å². The molecule has 0 spiro atoms. The van der Waals surface area contributed by atoms with Crippen molar-refractivity contribution in [2.75, 3.05) is 14.2 Å². The predicted molar refractivity (Wildman–Crippen MR) is 165 cm³/mol. The summed E-state index contributed by atoms with van der Waals surface area (Å²) in [6.07, 6.45) is -0.386. The molecule has 5 heterocycles. The first-order valence-electron chi connectivity index (χ1n) is 14.8. The van der Waals surface area contributed by atoms with E-state index in [9.17, 15) is 9.59 Å². The monoisotopic (exact) mass is 570 g/mol. The Morgan fingerprint density at radius 1 is 0.953 bits per heavy atom. The molecule has 2 aromatic heterocycles. The fourth-order valence-electron chi connectivity index (χ4n) is 8.33. The van der Waals surface area contributed by atoms with Crippen LogP contribution in [0.4, 0.5) is 0 Å². The fourth-order valence-corrected chi connectivity index (χ4v) is 8.33. The van der Waals surface area contributed by atoms with E-state index < -0.39 is 18.1 Å². The second kappa shape index (κ2) is 8.46. The molecule has 0 unspecified atom stereocenters. The van der Waals surface area contributed by atoms with E-state index in [-0.39, 0.29) is 17.9 Å². The van der Waals surface area contributed by atoms with Gasteiger partial charge in [0, 0.05) is 54.2 Å². The number of ether oxygens (including phenoxy) is 2. The molecule has 2 amide bonds. The number of nitrogens with zero attached hydrogens (tertiary/aromatic N) is 3. The lowest BCUT2D eigenvalue weighted by molar-refractivity contribution is -0.264. The Morgan fingerprint density at radius 3 is 2.37 bits per heavy atom. The minimum absolute atomic E-state index is 0.0446. The topological polar surface area (TPSA) is 77.7 Å². The van der Waals surface area contributed by atoms with Crippen LogP contribution in [0.2, 0.25) is 0 Å². The summed E-state index contributed by atoms with van der Waals surface area (Å²) < 4.78 is 18.1. The molecular weight excluding hydrogens is 540 g/mol. The minimum atomic E-state index is -0.980. The first-order chi connectivity index (χ1) is 20.9. The molecule has 0 aliphatic carbocycles. The van der Waals surface area contributed by atoms with Crippen molar-refractivity contribution in [3.63, 3.8) is 0 Å². The van der Waals surface area contributed by atoms with Crippen LogP contribution in [-0.2, 0) is 21.7 Å². The van der Waals surface area contributed by atoms with E-state index in [2.05, 4.69) is 45.6 Å². The molecule has 1 N–H and O–H groups in total. The molecule has 3 aliphatic heterocycles. The normalized spacial score (nSPS) is 24.2. The quantitative estimate of drug-likeness (QED) is 0.287. The van der Waals surface area contributed by atoms with Gasteiger partial charge in [0.1, 0.15) is 12.3 Å². The van der Waals surface area contributed by atoms with Crippen molar-refractivity contribution in [2.24, 2.45) is 0 Å². The van der Waals surface area contributed by atoms with Gasteiger partial charge in [0.15, 0.2) is 5.72 Å². The Kier molecular flexibility index (Phi) is 4.90. The highest BCUT2D eigenvalue weighted by atomic mass is 16.6. The van der Waals surface area contributed by atoms with E-state index in [0.29, 0.717) is 18.5 Å². The van der Waals surface area contributed by atoms with Crippen LogP contribution < -0.4 is 5.32 Å². The third kappa shape index (κ3) is 2.97. The van der Waals surface area contributed by atoms with Crippen molar-refractivity contribution in [3.05, 3.63) is 95.6 Å². The summed E-state index contributed by atoms with van der Waals surface area (Å²) in [5.41, 5.74) is 5.46. The SMILES string of the molecule is CO[C@H]1[C@H](N(C)C(=O)c2ccccc2)C[C@H]2O[C@@]1(C)n1c3ccccc3c3c4c(c5c6ccccc6n2c5c31)C(=O)NC4. The van der Waals surface area contributed by atoms with Crippen LogP contribution in [0.3, 0.4) is 0 Å². The third-order valence-electron chi connectivity index (χ3n) is 10.0. The largest absolute Gasteiger partial charge is 0.374 e. The number of hydrogen-bond donors (Lipinski definition) is 1. The maximum atomic E-state index is 13.9. The summed E-state index contributed by atoms with van der Waals surface area (Å²) in [6.45, 7) is 2.56. The lowest BCUT2D eigenvalue weighted by Crippen LogP contribution is -2.61. The zero-order chi connectivity index (χ0) is 29.2. The Balaban J connectivity index is 1.43. The first-order valence-corrected chi connectivity index (χ1v) is 14.8. The van der Waals surface area contributed by atoms with E-state index >= 15 is 0 Å². The summed E-state index contributed by atoms with van der Waals surface area (Å²) in [7, 11) is 3.57. The van der Waals surface area contributed by atoms with Crippen molar-refractivity contribution in [1.29, 1.82) is 0 Å². The average Bonchev–Trinajstić information content (AvgIpc) is 3.68. The number of carbonyl (C=O) groups excluding carboxylic acids is 2. The molecule has 4 aromatic carbocycles. The molecule has 3 aliphatic rings. The second-order valence-corrected chi connectivity index (χ2v) is 12.1. The van der Waals surface area contributed by atoms with Crippen LogP contribution in [0, 0.1) is 0 Å². The number of carbonyl (C=O) groups is 2. The van der Waals surface area contributed by atoms with Gasteiger partial charge in [-0.25, -0.2) is 0 Å². The number of para-hydroxylation sites is 2. The lowest BCUT2D eigenvalue weighted by atomic mass is 9.91. The Bertz CT molecular complexity index is 2180.